The highest BCUT2D eigenvalue weighted by atomic mass is 16.6. The summed E-state index contributed by atoms with van der Waals surface area (Å²) in [4.78, 5) is 11.6. The van der Waals surface area contributed by atoms with E-state index < -0.39 is 17.8 Å². The van der Waals surface area contributed by atoms with E-state index in [1.165, 1.54) is 0 Å². The summed E-state index contributed by atoms with van der Waals surface area (Å²) in [5.74, 6) is 1.30. The molecule has 0 radical (unpaired) electrons. The van der Waals surface area contributed by atoms with Crippen LogP contribution in [0.1, 0.15) is 58.3 Å². The number of rotatable bonds is 7. The Labute approximate surface area is 145 Å². The second kappa shape index (κ2) is 8.92. The van der Waals surface area contributed by atoms with Crippen LogP contribution >= 0.6 is 0 Å². The first-order valence-electron chi connectivity index (χ1n) is 8.50. The van der Waals surface area contributed by atoms with Gasteiger partial charge in [0.25, 0.3) is 0 Å². The Morgan fingerprint density at radius 1 is 1.33 bits per heavy atom. The molecule has 1 aromatic carbocycles. The lowest BCUT2D eigenvalue weighted by Gasteiger charge is -2.21. The number of hydrogen-bond acceptors (Lipinski definition) is 4. The van der Waals surface area contributed by atoms with Gasteiger partial charge in [0.2, 0.25) is 0 Å². The first kappa shape index (κ1) is 20.3. The van der Waals surface area contributed by atoms with Crippen molar-refractivity contribution in [1.29, 1.82) is 0 Å². The van der Waals surface area contributed by atoms with Gasteiger partial charge in [0, 0.05) is 0 Å². The maximum Gasteiger partial charge on any atom is 0.407 e. The highest BCUT2D eigenvalue weighted by molar-refractivity contribution is 5.67. The van der Waals surface area contributed by atoms with E-state index in [1.807, 2.05) is 25.1 Å². The number of alkyl carbamates (subject to hydrolysis) is 1. The molecule has 0 fully saturated rings. The van der Waals surface area contributed by atoms with Gasteiger partial charge >= 0.3 is 6.09 Å². The molecule has 136 valence electrons. The van der Waals surface area contributed by atoms with Crippen molar-refractivity contribution in [2.75, 3.05) is 13.2 Å². The molecule has 5 heteroatoms. The van der Waals surface area contributed by atoms with Crippen LogP contribution in [0.15, 0.2) is 18.2 Å². The predicted molar refractivity (Wildman–Crippen MR) is 95.3 cm³/mol. The van der Waals surface area contributed by atoms with Gasteiger partial charge < -0.3 is 19.9 Å². The topological polar surface area (TPSA) is 67.8 Å². The Balaban J connectivity index is 2.58. The maximum absolute atomic E-state index is 11.6. The first-order chi connectivity index (χ1) is 11.1. The van der Waals surface area contributed by atoms with Crippen molar-refractivity contribution in [2.45, 2.75) is 59.7 Å². The Morgan fingerprint density at radius 3 is 2.54 bits per heavy atom. The van der Waals surface area contributed by atoms with Crippen molar-refractivity contribution in [3.8, 4) is 5.75 Å². The molecule has 24 heavy (non-hydrogen) atoms. The van der Waals surface area contributed by atoms with Gasteiger partial charge in [0.05, 0.1) is 19.3 Å². The van der Waals surface area contributed by atoms with Gasteiger partial charge in [-0.1, -0.05) is 26.3 Å². The molecule has 0 saturated heterocycles. The van der Waals surface area contributed by atoms with Crippen LogP contribution in [-0.2, 0) is 4.74 Å². The summed E-state index contributed by atoms with van der Waals surface area (Å²) in [6.07, 6.45) is -0.250. The van der Waals surface area contributed by atoms with Gasteiger partial charge in [-0.15, -0.1) is 0 Å². The fraction of sp³-hybridized carbons (Fsp3) is 0.632. The van der Waals surface area contributed by atoms with Crippen LogP contribution in [-0.4, -0.2) is 30.0 Å². The minimum Gasteiger partial charge on any atom is -0.493 e. The van der Waals surface area contributed by atoms with E-state index in [2.05, 4.69) is 19.2 Å². The quantitative estimate of drug-likeness (QED) is 0.790. The third-order valence-corrected chi connectivity index (χ3v) is 3.67. The highest BCUT2D eigenvalue weighted by Gasteiger charge is 2.18. The number of aliphatic hydroxyl groups is 1. The Bertz CT molecular complexity index is 537. The molecule has 2 N–H and O–H groups in total. The van der Waals surface area contributed by atoms with Crippen LogP contribution in [0.25, 0.3) is 0 Å². The third kappa shape index (κ3) is 7.21. The monoisotopic (exact) mass is 337 g/mol. The average molecular weight is 337 g/mol. The van der Waals surface area contributed by atoms with Gasteiger partial charge in [-0.2, -0.15) is 0 Å². The number of hydrogen-bond donors (Lipinski definition) is 2. The summed E-state index contributed by atoms with van der Waals surface area (Å²) < 4.78 is 10.9. The normalized spacial score (nSPS) is 14.0. The Morgan fingerprint density at radius 2 is 2.00 bits per heavy atom. The zero-order valence-electron chi connectivity index (χ0n) is 15.7. The number of aliphatic hydroxyl groups excluding tert-OH is 1. The molecule has 2 atom stereocenters. The van der Waals surface area contributed by atoms with Crippen LogP contribution in [0.5, 0.6) is 5.75 Å². The molecule has 1 amide bonds. The molecule has 5 nitrogen and oxygen atoms in total. The summed E-state index contributed by atoms with van der Waals surface area (Å²) >= 11 is 0. The van der Waals surface area contributed by atoms with Crippen LogP contribution < -0.4 is 10.1 Å². The minimum atomic E-state index is -0.791. The molecule has 1 rings (SSSR count). The molecule has 0 aliphatic carbocycles. The standard InChI is InChI=1S/C19H31NO4/c1-7-13(2)12-23-15-8-9-16(14(3)10-15)17(21)11-20-18(22)24-19(4,5)6/h8-10,13,17,21H,7,11-12H2,1-6H3,(H,20,22)/t13-,17+/m0/s1. The summed E-state index contributed by atoms with van der Waals surface area (Å²) in [5, 5.41) is 12.9. The molecule has 0 heterocycles. The zero-order valence-corrected chi connectivity index (χ0v) is 15.7. The summed E-state index contributed by atoms with van der Waals surface area (Å²) in [6.45, 7) is 12.4. The lowest BCUT2D eigenvalue weighted by Crippen LogP contribution is -2.34. The fourth-order valence-corrected chi connectivity index (χ4v) is 2.07. The van der Waals surface area contributed by atoms with Crippen molar-refractivity contribution in [3.05, 3.63) is 29.3 Å². The SMILES string of the molecule is CC[C@H](C)COc1ccc([C@H](O)CNC(=O)OC(C)(C)C)c(C)c1. The molecule has 0 aliphatic heterocycles. The molecule has 1 aromatic rings. The maximum atomic E-state index is 11.6. The summed E-state index contributed by atoms with van der Waals surface area (Å²) in [5.41, 5.74) is 1.14. The molecule has 0 saturated carbocycles. The number of amides is 1. The average Bonchev–Trinajstić information content (AvgIpc) is 2.48. The van der Waals surface area contributed by atoms with E-state index in [1.54, 1.807) is 20.8 Å². The second-order valence-electron chi connectivity index (χ2n) is 7.24. The zero-order chi connectivity index (χ0) is 18.3. The molecule has 0 unspecified atom stereocenters. The number of carbonyl (C=O) groups excluding carboxylic acids is 1. The molecular formula is C19H31NO4. The molecule has 0 bridgehead atoms. The van der Waals surface area contributed by atoms with E-state index in [0.29, 0.717) is 12.5 Å². The van der Waals surface area contributed by atoms with E-state index in [9.17, 15) is 9.90 Å². The molecular weight excluding hydrogens is 306 g/mol. The first-order valence-corrected chi connectivity index (χ1v) is 8.50. The van der Waals surface area contributed by atoms with E-state index in [0.717, 1.165) is 23.3 Å². The number of aryl methyl sites for hydroxylation is 1. The van der Waals surface area contributed by atoms with Crippen LogP contribution in [0.2, 0.25) is 0 Å². The molecule has 0 aromatic heterocycles. The third-order valence-electron chi connectivity index (χ3n) is 3.67. The van der Waals surface area contributed by atoms with Crippen LogP contribution in [0, 0.1) is 12.8 Å². The van der Waals surface area contributed by atoms with Crippen molar-refractivity contribution in [2.24, 2.45) is 5.92 Å². The summed E-state index contributed by atoms with van der Waals surface area (Å²) in [7, 11) is 0. The highest BCUT2D eigenvalue weighted by Crippen LogP contribution is 2.23. The van der Waals surface area contributed by atoms with E-state index in [-0.39, 0.29) is 6.54 Å². The fourth-order valence-electron chi connectivity index (χ4n) is 2.07. The van der Waals surface area contributed by atoms with Crippen LogP contribution in [0.3, 0.4) is 0 Å². The second-order valence-corrected chi connectivity index (χ2v) is 7.24. The number of ether oxygens (including phenoxy) is 2. The van der Waals surface area contributed by atoms with Gasteiger partial charge in [-0.05, 0) is 56.9 Å². The van der Waals surface area contributed by atoms with Crippen molar-refractivity contribution in [1.82, 2.24) is 5.32 Å². The Hall–Kier alpha value is -1.75. The van der Waals surface area contributed by atoms with Gasteiger partial charge in [0.15, 0.2) is 0 Å². The van der Waals surface area contributed by atoms with Crippen LogP contribution in [0.4, 0.5) is 4.79 Å². The lowest BCUT2D eigenvalue weighted by molar-refractivity contribution is 0.0491. The molecule has 0 spiro atoms. The predicted octanol–water partition coefficient (Wildman–Crippen LogP) is 3.98. The summed E-state index contributed by atoms with van der Waals surface area (Å²) in [6, 6.07) is 5.60. The van der Waals surface area contributed by atoms with Crippen molar-refractivity contribution in [3.63, 3.8) is 0 Å². The van der Waals surface area contributed by atoms with Crippen molar-refractivity contribution < 1.29 is 19.4 Å². The van der Waals surface area contributed by atoms with E-state index >= 15 is 0 Å². The largest absolute Gasteiger partial charge is 0.493 e. The number of nitrogens with one attached hydrogen (secondary N) is 1. The number of carbonyl (C=O) groups is 1. The van der Waals surface area contributed by atoms with E-state index in [4.69, 9.17) is 9.47 Å². The minimum absolute atomic E-state index is 0.100. The smallest absolute Gasteiger partial charge is 0.407 e. The van der Waals surface area contributed by atoms with Crippen molar-refractivity contribution >= 4 is 6.09 Å². The lowest BCUT2D eigenvalue weighted by atomic mass is 10.0. The van der Waals surface area contributed by atoms with Gasteiger partial charge in [-0.3, -0.25) is 0 Å². The Kier molecular flexibility index (Phi) is 7.55. The number of benzene rings is 1. The molecule has 0 aliphatic rings. The van der Waals surface area contributed by atoms with Gasteiger partial charge in [0.1, 0.15) is 11.4 Å². The van der Waals surface area contributed by atoms with Gasteiger partial charge in [-0.25, -0.2) is 4.79 Å².